The molecule has 1 aromatic rings. The van der Waals surface area contributed by atoms with Crippen molar-refractivity contribution < 1.29 is 0 Å². The van der Waals surface area contributed by atoms with Crippen LogP contribution in [0.5, 0.6) is 0 Å². The first-order chi connectivity index (χ1) is 8.79. The normalized spacial score (nSPS) is 17.6. The summed E-state index contributed by atoms with van der Waals surface area (Å²) in [4.78, 5) is 9.18. The zero-order chi connectivity index (χ0) is 12.8. The Kier molecular flexibility index (Phi) is 4.81. The topological polar surface area (TPSA) is 31.4 Å². The van der Waals surface area contributed by atoms with E-state index in [1.54, 1.807) is 0 Å². The maximum absolute atomic E-state index is 4.34. The lowest BCUT2D eigenvalue weighted by molar-refractivity contribution is 0.360. The van der Waals surface area contributed by atoms with Crippen molar-refractivity contribution >= 4 is 11.4 Å². The molecule has 0 bridgehead atoms. The predicted molar refractivity (Wildman–Crippen MR) is 77.3 cm³/mol. The number of nitrogens with one attached hydrogen (secondary N) is 1. The minimum absolute atomic E-state index is 1.01. The van der Waals surface area contributed by atoms with Gasteiger partial charge in [0, 0.05) is 26.2 Å². The Morgan fingerprint density at radius 3 is 2.94 bits per heavy atom. The van der Waals surface area contributed by atoms with E-state index in [9.17, 15) is 0 Å². The molecular weight excluding hydrogens is 224 g/mol. The highest BCUT2D eigenvalue weighted by atomic mass is 15.2. The molecule has 100 valence electrons. The van der Waals surface area contributed by atoms with Gasteiger partial charge in [-0.05, 0) is 32.5 Å². The van der Waals surface area contributed by atoms with Crippen LogP contribution in [0.15, 0.2) is 18.5 Å². The van der Waals surface area contributed by atoms with E-state index in [4.69, 9.17) is 0 Å². The molecule has 0 atom stereocenters. The van der Waals surface area contributed by atoms with Crippen LogP contribution in [-0.2, 0) is 0 Å². The summed E-state index contributed by atoms with van der Waals surface area (Å²) in [6, 6.07) is 2.22. The van der Waals surface area contributed by atoms with Crippen molar-refractivity contribution in [3.63, 3.8) is 0 Å². The van der Waals surface area contributed by atoms with Gasteiger partial charge < -0.3 is 15.1 Å². The second-order valence-electron chi connectivity index (χ2n) is 5.00. The molecule has 0 spiro atoms. The van der Waals surface area contributed by atoms with Gasteiger partial charge >= 0.3 is 0 Å². The van der Waals surface area contributed by atoms with E-state index in [2.05, 4.69) is 40.1 Å². The third kappa shape index (κ3) is 3.60. The molecule has 1 aliphatic heterocycles. The molecular formula is C14H24N4. The molecule has 0 radical (unpaired) electrons. The quantitative estimate of drug-likeness (QED) is 0.883. The van der Waals surface area contributed by atoms with E-state index in [1.165, 1.54) is 18.7 Å². The molecule has 0 amide bonds. The summed E-state index contributed by atoms with van der Waals surface area (Å²) in [5.41, 5.74) is 2.37. The summed E-state index contributed by atoms with van der Waals surface area (Å²) < 4.78 is 0. The summed E-state index contributed by atoms with van der Waals surface area (Å²) in [5, 5.41) is 3.40. The maximum Gasteiger partial charge on any atom is 0.0573 e. The smallest absolute Gasteiger partial charge is 0.0573 e. The standard InChI is InChI=1S/C14H24N4/c1-3-5-16-13-10-14(12-15-11-13)18-7-4-6-17(2)8-9-18/h10-12,16H,3-9H2,1-2H3. The number of nitrogens with zero attached hydrogens (tertiary/aromatic N) is 3. The van der Waals surface area contributed by atoms with Gasteiger partial charge in [-0.3, -0.25) is 4.98 Å². The molecule has 0 unspecified atom stereocenters. The van der Waals surface area contributed by atoms with Gasteiger partial charge in [-0.25, -0.2) is 0 Å². The molecule has 0 saturated carbocycles. The third-order valence-electron chi connectivity index (χ3n) is 3.39. The fraction of sp³-hybridized carbons (Fsp3) is 0.643. The van der Waals surface area contributed by atoms with Crippen molar-refractivity contribution in [2.75, 3.05) is 50.0 Å². The molecule has 0 aliphatic carbocycles. The molecule has 1 aliphatic rings. The van der Waals surface area contributed by atoms with Gasteiger partial charge in [0.2, 0.25) is 0 Å². The largest absolute Gasteiger partial charge is 0.384 e. The second kappa shape index (κ2) is 6.59. The van der Waals surface area contributed by atoms with Gasteiger partial charge in [0.05, 0.1) is 23.8 Å². The van der Waals surface area contributed by atoms with Crippen LogP contribution in [-0.4, -0.2) is 49.7 Å². The van der Waals surface area contributed by atoms with Crippen LogP contribution in [0.2, 0.25) is 0 Å². The fourth-order valence-electron chi connectivity index (χ4n) is 2.27. The maximum atomic E-state index is 4.34. The summed E-state index contributed by atoms with van der Waals surface area (Å²) in [6.45, 7) is 7.73. The Balaban J connectivity index is 2.02. The highest BCUT2D eigenvalue weighted by Crippen LogP contribution is 2.19. The van der Waals surface area contributed by atoms with Gasteiger partial charge in [0.25, 0.3) is 0 Å². The first-order valence-electron chi connectivity index (χ1n) is 6.92. The number of hydrogen-bond donors (Lipinski definition) is 1. The summed E-state index contributed by atoms with van der Waals surface area (Å²) >= 11 is 0. The fourth-order valence-corrected chi connectivity index (χ4v) is 2.27. The molecule has 1 fully saturated rings. The van der Waals surface area contributed by atoms with Crippen LogP contribution in [0.4, 0.5) is 11.4 Å². The Bertz CT molecular complexity index is 367. The van der Waals surface area contributed by atoms with E-state index in [0.29, 0.717) is 0 Å². The number of aromatic nitrogens is 1. The monoisotopic (exact) mass is 248 g/mol. The minimum atomic E-state index is 1.01. The Hall–Kier alpha value is -1.29. The van der Waals surface area contributed by atoms with E-state index in [-0.39, 0.29) is 0 Å². The lowest BCUT2D eigenvalue weighted by Gasteiger charge is -2.23. The highest BCUT2D eigenvalue weighted by molar-refractivity contribution is 5.55. The van der Waals surface area contributed by atoms with Crippen LogP contribution in [0.25, 0.3) is 0 Å². The SMILES string of the molecule is CCCNc1cncc(N2CCCN(C)CC2)c1. The van der Waals surface area contributed by atoms with Crippen molar-refractivity contribution in [2.24, 2.45) is 0 Å². The van der Waals surface area contributed by atoms with E-state index in [1.807, 2.05) is 12.4 Å². The van der Waals surface area contributed by atoms with Gasteiger partial charge in [0.1, 0.15) is 0 Å². The first kappa shape index (κ1) is 13.1. The van der Waals surface area contributed by atoms with E-state index in [0.717, 1.165) is 38.3 Å². The molecule has 1 aromatic heterocycles. The molecule has 18 heavy (non-hydrogen) atoms. The average molecular weight is 248 g/mol. The Labute approximate surface area is 110 Å². The van der Waals surface area contributed by atoms with Crippen LogP contribution < -0.4 is 10.2 Å². The first-order valence-corrected chi connectivity index (χ1v) is 6.92. The third-order valence-corrected chi connectivity index (χ3v) is 3.39. The summed E-state index contributed by atoms with van der Waals surface area (Å²) in [5.74, 6) is 0. The van der Waals surface area contributed by atoms with E-state index < -0.39 is 0 Å². The molecule has 2 rings (SSSR count). The summed E-state index contributed by atoms with van der Waals surface area (Å²) in [6.07, 6.45) is 6.24. The number of rotatable bonds is 4. The van der Waals surface area contributed by atoms with E-state index >= 15 is 0 Å². The van der Waals surface area contributed by atoms with Gasteiger partial charge in [-0.15, -0.1) is 0 Å². The van der Waals surface area contributed by atoms with Crippen LogP contribution in [0.3, 0.4) is 0 Å². The van der Waals surface area contributed by atoms with Gasteiger partial charge in [-0.2, -0.15) is 0 Å². The van der Waals surface area contributed by atoms with Crippen LogP contribution >= 0.6 is 0 Å². The number of pyridine rings is 1. The second-order valence-corrected chi connectivity index (χ2v) is 5.00. The van der Waals surface area contributed by atoms with Crippen molar-refractivity contribution in [2.45, 2.75) is 19.8 Å². The molecule has 1 N–H and O–H groups in total. The zero-order valence-electron chi connectivity index (χ0n) is 11.5. The average Bonchev–Trinajstić information content (AvgIpc) is 2.61. The Morgan fingerprint density at radius 2 is 2.11 bits per heavy atom. The highest BCUT2D eigenvalue weighted by Gasteiger charge is 2.12. The molecule has 4 heteroatoms. The lowest BCUT2D eigenvalue weighted by Crippen LogP contribution is -2.28. The van der Waals surface area contributed by atoms with Crippen LogP contribution in [0, 0.1) is 0 Å². The molecule has 4 nitrogen and oxygen atoms in total. The Morgan fingerprint density at radius 1 is 1.22 bits per heavy atom. The van der Waals surface area contributed by atoms with Crippen molar-refractivity contribution in [3.8, 4) is 0 Å². The minimum Gasteiger partial charge on any atom is -0.384 e. The van der Waals surface area contributed by atoms with Crippen molar-refractivity contribution in [1.29, 1.82) is 0 Å². The molecule has 1 saturated heterocycles. The lowest BCUT2D eigenvalue weighted by atomic mass is 10.3. The number of hydrogen-bond acceptors (Lipinski definition) is 4. The van der Waals surface area contributed by atoms with Gasteiger partial charge in [-0.1, -0.05) is 6.92 Å². The van der Waals surface area contributed by atoms with Crippen LogP contribution in [0.1, 0.15) is 19.8 Å². The van der Waals surface area contributed by atoms with Crippen molar-refractivity contribution in [1.82, 2.24) is 9.88 Å². The summed E-state index contributed by atoms with van der Waals surface area (Å²) in [7, 11) is 2.20. The number of anilines is 2. The number of likely N-dealkylation sites (N-methyl/N-ethyl adjacent to an activating group) is 1. The molecule has 0 aromatic carbocycles. The zero-order valence-corrected chi connectivity index (χ0v) is 11.5. The van der Waals surface area contributed by atoms with Crippen molar-refractivity contribution in [3.05, 3.63) is 18.5 Å². The van der Waals surface area contributed by atoms with Gasteiger partial charge in [0.15, 0.2) is 0 Å². The molecule has 2 heterocycles. The predicted octanol–water partition coefficient (Wildman–Crippen LogP) is 2.05.